The first kappa shape index (κ1) is 14.9. The van der Waals surface area contributed by atoms with Crippen LogP contribution in [0.1, 0.15) is 33.1 Å². The average Bonchev–Trinajstić information content (AvgIpc) is 2.25. The molecule has 1 aliphatic carbocycles. The lowest BCUT2D eigenvalue weighted by Gasteiger charge is -2.39. The van der Waals surface area contributed by atoms with Gasteiger partial charge in [-0.25, -0.2) is 0 Å². The standard InChI is InChI=1S/C12H21N3O2S/c1-3-15(4-2)9(16)8-14-11(17)12(10(13)18)6-5-7-12/h3-8H2,1-2H3,(H2,13,18)(H,14,17). The summed E-state index contributed by atoms with van der Waals surface area (Å²) in [6.07, 6.45) is 2.33. The van der Waals surface area contributed by atoms with Gasteiger partial charge >= 0.3 is 0 Å². The summed E-state index contributed by atoms with van der Waals surface area (Å²) in [5.41, 5.74) is 4.92. The Kier molecular flexibility index (Phi) is 5.07. The van der Waals surface area contributed by atoms with Crippen LogP contribution in [0.5, 0.6) is 0 Å². The van der Waals surface area contributed by atoms with Gasteiger partial charge in [-0.3, -0.25) is 9.59 Å². The second-order valence-electron chi connectivity index (χ2n) is 4.55. The average molecular weight is 271 g/mol. The Morgan fingerprint density at radius 2 is 1.89 bits per heavy atom. The molecule has 1 aliphatic rings. The fourth-order valence-corrected chi connectivity index (χ4v) is 2.43. The molecule has 5 nitrogen and oxygen atoms in total. The number of thiocarbonyl (C=S) groups is 1. The van der Waals surface area contributed by atoms with Gasteiger partial charge in [0.15, 0.2) is 0 Å². The molecular formula is C12H21N3O2S. The molecule has 1 saturated carbocycles. The van der Waals surface area contributed by atoms with Gasteiger partial charge in [-0.15, -0.1) is 0 Å². The highest BCUT2D eigenvalue weighted by molar-refractivity contribution is 7.80. The summed E-state index contributed by atoms with van der Waals surface area (Å²) in [7, 11) is 0. The van der Waals surface area contributed by atoms with Crippen LogP contribution >= 0.6 is 12.2 Å². The number of carbonyl (C=O) groups is 2. The van der Waals surface area contributed by atoms with Crippen molar-refractivity contribution in [2.45, 2.75) is 33.1 Å². The van der Waals surface area contributed by atoms with Crippen molar-refractivity contribution in [1.82, 2.24) is 10.2 Å². The number of rotatable bonds is 6. The summed E-state index contributed by atoms with van der Waals surface area (Å²) >= 11 is 4.96. The zero-order valence-electron chi connectivity index (χ0n) is 11.0. The normalized spacial score (nSPS) is 16.6. The molecule has 0 spiro atoms. The van der Waals surface area contributed by atoms with Crippen molar-refractivity contribution >= 4 is 29.0 Å². The van der Waals surface area contributed by atoms with Gasteiger partial charge < -0.3 is 16.0 Å². The van der Waals surface area contributed by atoms with Crippen molar-refractivity contribution < 1.29 is 9.59 Å². The number of nitrogens with one attached hydrogen (secondary N) is 1. The third-order valence-electron chi connectivity index (χ3n) is 3.63. The Bertz CT molecular complexity index is 349. The number of amides is 2. The molecule has 1 fully saturated rings. The van der Waals surface area contributed by atoms with Gasteiger partial charge in [-0.2, -0.15) is 0 Å². The van der Waals surface area contributed by atoms with E-state index in [0.29, 0.717) is 25.9 Å². The number of hydrogen-bond acceptors (Lipinski definition) is 3. The van der Waals surface area contributed by atoms with Crippen LogP contribution in [0, 0.1) is 5.41 Å². The van der Waals surface area contributed by atoms with Crippen molar-refractivity contribution in [3.8, 4) is 0 Å². The van der Waals surface area contributed by atoms with E-state index in [4.69, 9.17) is 18.0 Å². The van der Waals surface area contributed by atoms with Gasteiger partial charge in [0.1, 0.15) is 0 Å². The van der Waals surface area contributed by atoms with Crippen LogP contribution in [0.2, 0.25) is 0 Å². The molecule has 6 heteroatoms. The fraction of sp³-hybridized carbons (Fsp3) is 0.750. The van der Waals surface area contributed by atoms with E-state index >= 15 is 0 Å². The molecule has 0 radical (unpaired) electrons. The third-order valence-corrected chi connectivity index (χ3v) is 4.02. The second kappa shape index (κ2) is 6.13. The predicted molar refractivity (Wildman–Crippen MR) is 74.0 cm³/mol. The minimum Gasteiger partial charge on any atom is -0.392 e. The lowest BCUT2D eigenvalue weighted by molar-refractivity contribution is -0.136. The van der Waals surface area contributed by atoms with Crippen molar-refractivity contribution in [1.29, 1.82) is 0 Å². The van der Waals surface area contributed by atoms with Crippen molar-refractivity contribution in [2.24, 2.45) is 11.1 Å². The Labute approximate surface area is 113 Å². The van der Waals surface area contributed by atoms with Crippen LogP contribution in [0.25, 0.3) is 0 Å². The maximum Gasteiger partial charge on any atom is 0.241 e. The lowest BCUT2D eigenvalue weighted by Crippen LogP contribution is -2.54. The van der Waals surface area contributed by atoms with Crippen LogP contribution in [-0.2, 0) is 9.59 Å². The monoisotopic (exact) mass is 271 g/mol. The van der Waals surface area contributed by atoms with Gasteiger partial charge in [-0.05, 0) is 26.7 Å². The number of likely N-dealkylation sites (N-methyl/N-ethyl adjacent to an activating group) is 1. The number of nitrogens with two attached hydrogens (primary N) is 1. The topological polar surface area (TPSA) is 75.4 Å². The largest absolute Gasteiger partial charge is 0.392 e. The molecule has 18 heavy (non-hydrogen) atoms. The van der Waals surface area contributed by atoms with Crippen molar-refractivity contribution in [3.05, 3.63) is 0 Å². The van der Waals surface area contributed by atoms with Crippen LogP contribution in [0.4, 0.5) is 0 Å². The summed E-state index contributed by atoms with van der Waals surface area (Å²) in [4.78, 5) is 25.7. The minimum atomic E-state index is -0.709. The molecule has 0 unspecified atom stereocenters. The van der Waals surface area contributed by atoms with E-state index in [2.05, 4.69) is 5.32 Å². The zero-order chi connectivity index (χ0) is 13.8. The maximum absolute atomic E-state index is 12.0. The molecule has 0 aromatic carbocycles. The van der Waals surface area contributed by atoms with E-state index in [1.807, 2.05) is 13.8 Å². The van der Waals surface area contributed by atoms with E-state index in [0.717, 1.165) is 6.42 Å². The van der Waals surface area contributed by atoms with Crippen molar-refractivity contribution in [2.75, 3.05) is 19.6 Å². The molecule has 1 rings (SSSR count). The minimum absolute atomic E-state index is 0.0187. The molecule has 0 aromatic heterocycles. The molecule has 3 N–H and O–H groups in total. The summed E-state index contributed by atoms with van der Waals surface area (Å²) in [5, 5.41) is 2.66. The first-order valence-electron chi connectivity index (χ1n) is 6.34. The van der Waals surface area contributed by atoms with Gasteiger partial charge in [0.05, 0.1) is 16.9 Å². The zero-order valence-corrected chi connectivity index (χ0v) is 11.8. The molecule has 102 valence electrons. The molecular weight excluding hydrogens is 250 g/mol. The van der Waals surface area contributed by atoms with Gasteiger partial charge in [0.25, 0.3) is 0 Å². The Hall–Kier alpha value is -1.17. The van der Waals surface area contributed by atoms with E-state index in [1.54, 1.807) is 4.90 Å². The molecule has 2 amide bonds. The summed E-state index contributed by atoms with van der Waals surface area (Å²) < 4.78 is 0. The van der Waals surface area contributed by atoms with E-state index in [-0.39, 0.29) is 23.3 Å². The number of carbonyl (C=O) groups excluding carboxylic acids is 2. The first-order valence-corrected chi connectivity index (χ1v) is 6.74. The Morgan fingerprint density at radius 3 is 2.22 bits per heavy atom. The predicted octanol–water partition coefficient (Wildman–Crippen LogP) is 0.427. The molecule has 0 aromatic rings. The van der Waals surface area contributed by atoms with Gasteiger partial charge in [0, 0.05) is 13.1 Å². The summed E-state index contributed by atoms with van der Waals surface area (Å²) in [5.74, 6) is -0.285. The third kappa shape index (κ3) is 2.80. The smallest absolute Gasteiger partial charge is 0.241 e. The van der Waals surface area contributed by atoms with Crippen LogP contribution in [0.15, 0.2) is 0 Å². The van der Waals surface area contributed by atoms with Crippen LogP contribution < -0.4 is 11.1 Å². The van der Waals surface area contributed by atoms with E-state index in [9.17, 15) is 9.59 Å². The maximum atomic E-state index is 12.0. The molecule has 0 bridgehead atoms. The van der Waals surface area contributed by atoms with Crippen molar-refractivity contribution in [3.63, 3.8) is 0 Å². The van der Waals surface area contributed by atoms with Gasteiger partial charge in [0.2, 0.25) is 11.8 Å². The Morgan fingerprint density at radius 1 is 1.33 bits per heavy atom. The molecule has 0 atom stereocenters. The molecule has 0 saturated heterocycles. The second-order valence-corrected chi connectivity index (χ2v) is 4.99. The highest BCUT2D eigenvalue weighted by Crippen LogP contribution is 2.41. The van der Waals surface area contributed by atoms with Gasteiger partial charge in [-0.1, -0.05) is 18.6 Å². The quantitative estimate of drug-likeness (QED) is 0.687. The van der Waals surface area contributed by atoms with E-state index in [1.165, 1.54) is 0 Å². The summed E-state index contributed by atoms with van der Waals surface area (Å²) in [6.45, 7) is 5.12. The Balaban J connectivity index is 2.51. The highest BCUT2D eigenvalue weighted by Gasteiger charge is 2.46. The van der Waals surface area contributed by atoms with Crippen LogP contribution in [0.3, 0.4) is 0 Å². The highest BCUT2D eigenvalue weighted by atomic mass is 32.1. The lowest BCUT2D eigenvalue weighted by atomic mass is 9.68. The van der Waals surface area contributed by atoms with E-state index < -0.39 is 5.41 Å². The SMILES string of the molecule is CCN(CC)C(=O)CNC(=O)C1(C(N)=S)CCC1. The van der Waals surface area contributed by atoms with Crippen LogP contribution in [-0.4, -0.2) is 41.3 Å². The first-order chi connectivity index (χ1) is 8.47. The molecule has 0 heterocycles. The molecule has 0 aliphatic heterocycles. The fourth-order valence-electron chi connectivity index (χ4n) is 2.13. The summed E-state index contributed by atoms with van der Waals surface area (Å²) in [6, 6.07) is 0. The number of nitrogens with zero attached hydrogens (tertiary/aromatic N) is 1. The number of hydrogen-bond donors (Lipinski definition) is 2.